The van der Waals surface area contributed by atoms with E-state index in [1.54, 1.807) is 34.9 Å². The quantitative estimate of drug-likeness (QED) is 0.558. The molecular weight excluding hydrogens is 262 g/mol. The molecule has 0 saturated carbocycles. The minimum absolute atomic E-state index is 0.321. The van der Waals surface area contributed by atoms with Crippen LogP contribution >= 0.6 is 34.9 Å². The lowest BCUT2D eigenvalue weighted by Crippen LogP contribution is -2.28. The minimum Gasteiger partial charge on any atom is -0.391 e. The highest BCUT2D eigenvalue weighted by Crippen LogP contribution is 2.27. The first kappa shape index (κ1) is 14.2. The molecule has 1 atom stereocenters. The van der Waals surface area contributed by atoms with Crippen molar-refractivity contribution in [1.29, 1.82) is 0 Å². The van der Waals surface area contributed by atoms with E-state index in [1.807, 2.05) is 6.26 Å². The van der Waals surface area contributed by atoms with E-state index in [9.17, 15) is 5.11 Å². The van der Waals surface area contributed by atoms with Gasteiger partial charge < -0.3 is 10.4 Å². The van der Waals surface area contributed by atoms with Crippen LogP contribution in [0.5, 0.6) is 0 Å². The first-order valence-electron chi connectivity index (χ1n) is 5.15. The molecule has 0 saturated heterocycles. The normalized spacial score (nSPS) is 12.9. The molecule has 92 valence electrons. The maximum absolute atomic E-state index is 9.67. The summed E-state index contributed by atoms with van der Waals surface area (Å²) in [4.78, 5) is 0. The van der Waals surface area contributed by atoms with Crippen LogP contribution in [0.25, 0.3) is 0 Å². The molecule has 0 aliphatic rings. The molecule has 2 N–H and O–H groups in total. The molecule has 0 bridgehead atoms. The lowest BCUT2D eigenvalue weighted by Gasteiger charge is -2.09. The number of nitrogens with one attached hydrogen (secondary N) is 1. The second-order valence-electron chi connectivity index (χ2n) is 3.21. The third-order valence-electron chi connectivity index (χ3n) is 1.77. The Morgan fingerprint density at radius 3 is 2.81 bits per heavy atom. The van der Waals surface area contributed by atoms with Gasteiger partial charge in [0.25, 0.3) is 0 Å². The van der Waals surface area contributed by atoms with E-state index in [2.05, 4.69) is 22.4 Å². The van der Waals surface area contributed by atoms with Crippen LogP contribution in [0.1, 0.15) is 13.3 Å². The number of hydrogen-bond donors (Lipinski definition) is 2. The van der Waals surface area contributed by atoms with Crippen molar-refractivity contribution >= 4 is 34.9 Å². The van der Waals surface area contributed by atoms with Crippen molar-refractivity contribution < 1.29 is 5.11 Å². The molecule has 0 amide bonds. The minimum atomic E-state index is -0.321. The third-order valence-corrected chi connectivity index (χ3v) is 4.95. The Hall–Kier alpha value is 0.180. The average molecular weight is 279 g/mol. The predicted octanol–water partition coefficient (Wildman–Crippen LogP) is 1.71. The fourth-order valence-corrected chi connectivity index (χ4v) is 3.40. The van der Waals surface area contributed by atoms with Crippen LogP contribution in [0.4, 0.5) is 0 Å². The van der Waals surface area contributed by atoms with Gasteiger partial charge >= 0.3 is 0 Å². The number of nitrogens with zero attached hydrogens (tertiary/aromatic N) is 2. The van der Waals surface area contributed by atoms with Crippen LogP contribution in [0.3, 0.4) is 0 Å². The highest BCUT2D eigenvalue weighted by Gasteiger charge is 2.08. The Labute approximate surface area is 109 Å². The smallest absolute Gasteiger partial charge is 0.175 e. The lowest BCUT2D eigenvalue weighted by atomic mass is 10.4. The van der Waals surface area contributed by atoms with Crippen LogP contribution in [0.2, 0.25) is 0 Å². The first-order valence-corrected chi connectivity index (χ1v) is 8.18. The fourth-order valence-electron chi connectivity index (χ4n) is 1.01. The van der Waals surface area contributed by atoms with E-state index in [0.29, 0.717) is 12.3 Å². The Kier molecular flexibility index (Phi) is 7.39. The van der Waals surface area contributed by atoms with Gasteiger partial charge in [-0.1, -0.05) is 41.8 Å². The van der Waals surface area contributed by atoms with Gasteiger partial charge in [-0.15, -0.1) is 10.2 Å². The molecule has 1 unspecified atom stereocenters. The summed E-state index contributed by atoms with van der Waals surface area (Å²) in [5, 5.41) is 20.9. The second-order valence-corrected chi connectivity index (χ2v) is 6.50. The largest absolute Gasteiger partial charge is 0.391 e. The highest BCUT2D eigenvalue weighted by molar-refractivity contribution is 8.02. The summed E-state index contributed by atoms with van der Waals surface area (Å²) >= 11 is 4.74. The molecule has 4 nitrogen and oxygen atoms in total. The Bertz CT molecular complexity index is 295. The van der Waals surface area contributed by atoms with E-state index >= 15 is 0 Å². The summed E-state index contributed by atoms with van der Waals surface area (Å²) in [6.07, 6.45) is 2.75. The van der Waals surface area contributed by atoms with Crippen LogP contribution in [-0.4, -0.2) is 46.5 Å². The number of rotatable bonds is 8. The SMILES string of the molecule is CCCNCC(O)CSc1nnc(SC)s1. The van der Waals surface area contributed by atoms with E-state index < -0.39 is 0 Å². The van der Waals surface area contributed by atoms with Gasteiger partial charge in [0.15, 0.2) is 8.68 Å². The molecule has 1 heterocycles. The molecular formula is C9H17N3OS3. The molecule has 0 fully saturated rings. The van der Waals surface area contributed by atoms with Gasteiger partial charge in [-0.3, -0.25) is 0 Å². The predicted molar refractivity (Wildman–Crippen MR) is 71.6 cm³/mol. The molecule has 0 spiro atoms. The number of thioether (sulfide) groups is 2. The molecule has 7 heteroatoms. The molecule has 0 aromatic carbocycles. The van der Waals surface area contributed by atoms with Crippen molar-refractivity contribution in [2.45, 2.75) is 28.1 Å². The molecule has 1 rings (SSSR count). The van der Waals surface area contributed by atoms with Gasteiger partial charge in [-0.25, -0.2) is 0 Å². The summed E-state index contributed by atoms with van der Waals surface area (Å²) < 4.78 is 1.90. The van der Waals surface area contributed by atoms with Gasteiger partial charge in [-0.05, 0) is 19.2 Å². The van der Waals surface area contributed by atoms with Crippen molar-refractivity contribution in [2.24, 2.45) is 0 Å². The summed E-state index contributed by atoms with van der Waals surface area (Å²) in [5.74, 6) is 0.666. The molecule has 0 aliphatic carbocycles. The number of aliphatic hydroxyl groups excluding tert-OH is 1. The van der Waals surface area contributed by atoms with Crippen LogP contribution in [0.15, 0.2) is 8.68 Å². The van der Waals surface area contributed by atoms with E-state index in [4.69, 9.17) is 0 Å². The number of hydrogen-bond acceptors (Lipinski definition) is 7. The first-order chi connectivity index (χ1) is 7.76. The maximum Gasteiger partial charge on any atom is 0.175 e. The van der Waals surface area contributed by atoms with Crippen LogP contribution in [-0.2, 0) is 0 Å². The zero-order valence-electron chi connectivity index (χ0n) is 9.47. The Morgan fingerprint density at radius 2 is 2.19 bits per heavy atom. The van der Waals surface area contributed by atoms with E-state index in [-0.39, 0.29) is 6.10 Å². The molecule has 0 radical (unpaired) electrons. The number of aliphatic hydroxyl groups is 1. The molecule has 16 heavy (non-hydrogen) atoms. The van der Waals surface area contributed by atoms with Gasteiger partial charge in [0, 0.05) is 12.3 Å². The van der Waals surface area contributed by atoms with Gasteiger partial charge in [0.1, 0.15) is 0 Å². The van der Waals surface area contributed by atoms with Crippen LogP contribution < -0.4 is 5.32 Å². The van der Waals surface area contributed by atoms with Crippen molar-refractivity contribution in [3.8, 4) is 0 Å². The fraction of sp³-hybridized carbons (Fsp3) is 0.778. The summed E-state index contributed by atoms with van der Waals surface area (Å²) in [5.41, 5.74) is 0. The highest BCUT2D eigenvalue weighted by atomic mass is 32.2. The van der Waals surface area contributed by atoms with Crippen molar-refractivity contribution in [2.75, 3.05) is 25.1 Å². The summed E-state index contributed by atoms with van der Waals surface area (Å²) in [6.45, 7) is 3.71. The van der Waals surface area contributed by atoms with Gasteiger partial charge in [0.2, 0.25) is 0 Å². The zero-order chi connectivity index (χ0) is 11.8. The van der Waals surface area contributed by atoms with E-state index in [0.717, 1.165) is 21.6 Å². The van der Waals surface area contributed by atoms with Crippen molar-refractivity contribution in [1.82, 2.24) is 15.5 Å². The summed E-state index contributed by atoms with van der Waals surface area (Å²) in [7, 11) is 0. The molecule has 1 aromatic heterocycles. The lowest BCUT2D eigenvalue weighted by molar-refractivity contribution is 0.196. The second kappa shape index (κ2) is 8.30. The summed E-state index contributed by atoms with van der Waals surface area (Å²) in [6, 6.07) is 0. The monoisotopic (exact) mass is 279 g/mol. The van der Waals surface area contributed by atoms with Gasteiger partial charge in [0.05, 0.1) is 6.10 Å². The Balaban J connectivity index is 2.18. The average Bonchev–Trinajstić information content (AvgIpc) is 2.74. The third kappa shape index (κ3) is 5.49. The topological polar surface area (TPSA) is 58.0 Å². The van der Waals surface area contributed by atoms with Crippen molar-refractivity contribution in [3.05, 3.63) is 0 Å². The van der Waals surface area contributed by atoms with Crippen LogP contribution in [0, 0.1) is 0 Å². The molecule has 0 aliphatic heterocycles. The van der Waals surface area contributed by atoms with Crippen molar-refractivity contribution in [3.63, 3.8) is 0 Å². The number of aromatic nitrogens is 2. The Morgan fingerprint density at radius 1 is 1.44 bits per heavy atom. The van der Waals surface area contributed by atoms with Gasteiger partial charge in [-0.2, -0.15) is 0 Å². The zero-order valence-corrected chi connectivity index (χ0v) is 11.9. The maximum atomic E-state index is 9.67. The van der Waals surface area contributed by atoms with E-state index in [1.165, 1.54) is 0 Å². The standard InChI is InChI=1S/C9H17N3OS3/c1-3-4-10-5-7(13)6-15-9-12-11-8(14-2)16-9/h7,10,13H,3-6H2,1-2H3. The molecule has 1 aromatic rings.